The van der Waals surface area contributed by atoms with Gasteiger partial charge in [-0.2, -0.15) is 0 Å². The molecule has 0 saturated heterocycles. The fraction of sp³-hybridized carbons (Fsp3) is 0.800. The minimum Gasteiger partial charge on any atom is -0.394 e. The first-order chi connectivity index (χ1) is 8.90. The first-order valence-corrected chi connectivity index (χ1v) is 4.74. The van der Waals surface area contributed by atoms with Gasteiger partial charge in [0.25, 0.3) is 0 Å². The Balaban J connectivity index is 5.15. The number of methoxy groups -OCH3 is 2. The molecule has 0 rings (SSSR count). The van der Waals surface area contributed by atoms with Crippen molar-refractivity contribution in [1.29, 1.82) is 0 Å². The van der Waals surface area contributed by atoms with E-state index in [0.29, 0.717) is 0 Å². The van der Waals surface area contributed by atoms with Gasteiger partial charge in [0.05, 0.1) is 9.35 Å². The predicted octanol–water partition coefficient (Wildman–Crippen LogP) is -2.11. The molecule has 4 atom stereocenters. The number of carbonyl (C=O) groups is 2. The highest BCUT2D eigenvalue weighted by Crippen LogP contribution is 2.12. The largest absolute Gasteiger partial charge is 0.394 e. The lowest BCUT2D eigenvalue weighted by Crippen LogP contribution is -2.51. The van der Waals surface area contributed by atoms with Crippen molar-refractivity contribution < 1.29 is 37.1 Å². The fourth-order valence-corrected chi connectivity index (χ4v) is 1.21. The molecular weight excluding hydrogens is 232 g/mol. The first kappa shape index (κ1) is 12.6. The van der Waals surface area contributed by atoms with Crippen molar-refractivity contribution in [2.75, 3.05) is 20.8 Å². The molecule has 3 N–H and O–H groups in total. The number of ether oxygens (including phenoxy) is 2. The highest BCUT2D eigenvalue weighted by Gasteiger charge is 2.38. The number of rotatable bonds is 8. The summed E-state index contributed by atoms with van der Waals surface area (Å²) >= 11 is 0. The first-order valence-electron chi connectivity index (χ1n) is 6.15. The molecule has 0 bridgehead atoms. The Hall–Kier alpha value is -0.860. The number of carbonyl (C=O) groups excluding carboxylic acids is 2. The van der Waals surface area contributed by atoms with Gasteiger partial charge in [-0.25, -0.2) is 0 Å². The van der Waals surface area contributed by atoms with Crippen molar-refractivity contribution in [3.8, 4) is 0 Å². The maximum absolute atomic E-state index is 11.6. The molecular formula is C10H18O7. The molecule has 7 heteroatoms. The van der Waals surface area contributed by atoms with Crippen molar-refractivity contribution in [3.05, 3.63) is 0 Å². The number of hydrogen-bond acceptors (Lipinski definition) is 7. The lowest BCUT2D eigenvalue weighted by Gasteiger charge is -2.29. The maximum Gasteiger partial charge on any atom is 0.229 e. The highest BCUT2D eigenvalue weighted by molar-refractivity contribution is 6.38. The molecule has 7 nitrogen and oxygen atoms in total. The molecule has 0 aliphatic heterocycles. The van der Waals surface area contributed by atoms with Gasteiger partial charge in [0.1, 0.15) is 18.3 Å². The van der Waals surface area contributed by atoms with E-state index in [9.17, 15) is 19.8 Å². The second kappa shape index (κ2) is 7.46. The lowest BCUT2D eigenvalue weighted by atomic mass is 9.98. The smallest absolute Gasteiger partial charge is 0.229 e. The predicted molar refractivity (Wildman–Crippen MR) is 56.4 cm³/mol. The van der Waals surface area contributed by atoms with Crippen molar-refractivity contribution in [2.45, 2.75) is 31.3 Å². The van der Waals surface area contributed by atoms with Crippen LogP contribution >= 0.6 is 0 Å². The quantitative estimate of drug-likeness (QED) is 0.423. The van der Waals surface area contributed by atoms with E-state index in [1.165, 1.54) is 0 Å². The molecule has 0 amide bonds. The number of ketones is 2. The summed E-state index contributed by atoms with van der Waals surface area (Å²) < 4.78 is 23.3. The van der Waals surface area contributed by atoms with Crippen LogP contribution in [0.2, 0.25) is 0 Å². The summed E-state index contributed by atoms with van der Waals surface area (Å²) in [6, 6.07) is 0. The molecule has 0 spiro atoms. The summed E-state index contributed by atoms with van der Waals surface area (Å²) in [5.74, 6) is -1.92. The van der Waals surface area contributed by atoms with Crippen LogP contribution in [-0.4, -0.2) is 72.1 Å². The van der Waals surface area contributed by atoms with Crippen molar-refractivity contribution in [1.82, 2.24) is 0 Å². The van der Waals surface area contributed by atoms with Crippen LogP contribution in [-0.2, 0) is 19.1 Å². The topological polar surface area (TPSA) is 113 Å². The molecule has 0 radical (unpaired) electrons. The molecule has 100 valence electrons. The summed E-state index contributed by atoms with van der Waals surface area (Å²) in [5, 5.41) is 27.8. The van der Waals surface area contributed by atoms with Crippen molar-refractivity contribution in [3.63, 3.8) is 0 Å². The summed E-state index contributed by atoms with van der Waals surface area (Å²) in [5.41, 5.74) is 0. The van der Waals surface area contributed by atoms with Crippen molar-refractivity contribution >= 4 is 11.6 Å². The van der Waals surface area contributed by atoms with Gasteiger partial charge in [0.15, 0.2) is 11.9 Å². The second-order valence-electron chi connectivity index (χ2n) is 3.38. The van der Waals surface area contributed by atoms with Gasteiger partial charge in [0.2, 0.25) is 5.78 Å². The molecule has 0 saturated carbocycles. The van der Waals surface area contributed by atoms with Crippen LogP contribution in [0.5, 0.6) is 0 Å². The van der Waals surface area contributed by atoms with Crippen LogP contribution in [0.3, 0.4) is 0 Å². The number of aliphatic hydroxyl groups excluding tert-OH is 3. The van der Waals surface area contributed by atoms with E-state index < -0.39 is 56.8 Å². The standard InChI is InChI=1S/C10H18O7/c1-5(12)7(14)9(16-2)10(17-3)8(15)6(13)4-11/h6,8-11,13,15H,4H2,1-3H3/t6-,8+,9+,10+/m1/s1/i2D,3D. The molecule has 17 heavy (non-hydrogen) atoms. The average Bonchev–Trinajstić information content (AvgIpc) is 2.40. The van der Waals surface area contributed by atoms with E-state index in [-0.39, 0.29) is 0 Å². The van der Waals surface area contributed by atoms with E-state index in [4.69, 9.17) is 17.3 Å². The minimum atomic E-state index is -1.74. The molecule has 0 aliphatic rings. The van der Waals surface area contributed by atoms with E-state index in [1.807, 2.05) is 0 Å². The van der Waals surface area contributed by atoms with Crippen LogP contribution in [0.25, 0.3) is 0 Å². The van der Waals surface area contributed by atoms with E-state index in [2.05, 4.69) is 0 Å². The zero-order valence-corrected chi connectivity index (χ0v) is 9.41. The van der Waals surface area contributed by atoms with Crippen LogP contribution in [0, 0.1) is 0 Å². The van der Waals surface area contributed by atoms with Gasteiger partial charge < -0.3 is 24.8 Å². The van der Waals surface area contributed by atoms with Crippen LogP contribution in [0.1, 0.15) is 9.67 Å². The maximum atomic E-state index is 11.6. The molecule has 0 heterocycles. The monoisotopic (exact) mass is 252 g/mol. The molecule has 0 aromatic rings. The van der Waals surface area contributed by atoms with Gasteiger partial charge in [-0.15, -0.1) is 0 Å². The fourth-order valence-electron chi connectivity index (χ4n) is 1.21. The van der Waals surface area contributed by atoms with Gasteiger partial charge in [0, 0.05) is 21.1 Å². The van der Waals surface area contributed by atoms with Gasteiger partial charge in [-0.05, 0) is 0 Å². The molecule has 0 fully saturated rings. The van der Waals surface area contributed by atoms with Crippen molar-refractivity contribution in [2.24, 2.45) is 0 Å². The van der Waals surface area contributed by atoms with Gasteiger partial charge >= 0.3 is 0 Å². The van der Waals surface area contributed by atoms with Crippen LogP contribution in [0.15, 0.2) is 0 Å². The number of Topliss-reactive ketones (excluding diaryl/α,β-unsaturated/α-hetero) is 2. The molecule has 0 unspecified atom stereocenters. The Bertz CT molecular complexity index is 300. The number of aliphatic hydroxyl groups is 3. The zero-order chi connectivity index (χ0) is 15.0. The molecule has 0 aromatic carbocycles. The molecule has 0 aliphatic carbocycles. The minimum absolute atomic E-state index is 0.664. The third-order valence-electron chi connectivity index (χ3n) is 2.19. The summed E-state index contributed by atoms with van der Waals surface area (Å²) in [4.78, 5) is 22.7. The van der Waals surface area contributed by atoms with E-state index in [0.717, 1.165) is 6.92 Å². The third kappa shape index (κ3) is 4.14. The average molecular weight is 252 g/mol. The summed E-state index contributed by atoms with van der Waals surface area (Å²) in [7, 11) is -1.34. The lowest BCUT2D eigenvalue weighted by molar-refractivity contribution is -0.161. The summed E-state index contributed by atoms with van der Waals surface area (Å²) in [6.07, 6.45) is -6.51. The Morgan fingerprint density at radius 2 is 1.88 bits per heavy atom. The normalized spacial score (nSPS) is 19.8. The highest BCUT2D eigenvalue weighted by atomic mass is 16.5. The Labute approximate surface area is 102 Å². The van der Waals surface area contributed by atoms with E-state index in [1.54, 1.807) is 0 Å². The van der Waals surface area contributed by atoms with Gasteiger partial charge in [-0.3, -0.25) is 9.59 Å². The zero-order valence-electron chi connectivity index (χ0n) is 11.4. The third-order valence-corrected chi connectivity index (χ3v) is 2.19. The van der Waals surface area contributed by atoms with Crippen LogP contribution < -0.4 is 0 Å². The Morgan fingerprint density at radius 3 is 2.29 bits per heavy atom. The number of hydrogen-bond donors (Lipinski definition) is 3. The Kier molecular flexibility index (Phi) is 5.53. The van der Waals surface area contributed by atoms with Crippen LogP contribution in [0.4, 0.5) is 0 Å². The van der Waals surface area contributed by atoms with Gasteiger partial charge in [-0.1, -0.05) is 0 Å². The SMILES string of the molecule is [2H]CO[C@@H]([C@@H](O)[C@H](O)CO)[C@@H](OC[2H])C(=O)C(C)=O. The second-order valence-corrected chi connectivity index (χ2v) is 3.38. The Morgan fingerprint density at radius 1 is 1.29 bits per heavy atom. The summed E-state index contributed by atoms with van der Waals surface area (Å²) in [6.45, 7) is 0.177. The van der Waals surface area contributed by atoms with E-state index >= 15 is 0 Å². The molecule has 0 aromatic heterocycles.